The lowest BCUT2D eigenvalue weighted by Gasteiger charge is -2.22. The summed E-state index contributed by atoms with van der Waals surface area (Å²) in [6.45, 7) is 1.19. The molecule has 0 bridgehead atoms. The number of nitrogens with one attached hydrogen (secondary N) is 2. The molecule has 10 heteroatoms. The van der Waals surface area contributed by atoms with Crippen LogP contribution in [0, 0.1) is 16.4 Å². The SMILES string of the molecule is CC[S@](=N)(=O)c1ccc(N2CCC(F)(F)C2)c(-c2[nH]c3cc(F)cc(F)c3c2Cl)c1. The minimum Gasteiger partial charge on any atom is -0.365 e. The maximum Gasteiger partial charge on any atom is 0.266 e. The molecule has 2 aromatic carbocycles. The number of benzene rings is 2. The van der Waals surface area contributed by atoms with E-state index in [1.54, 1.807) is 6.92 Å². The summed E-state index contributed by atoms with van der Waals surface area (Å²) >= 11 is 6.41. The molecule has 0 spiro atoms. The van der Waals surface area contributed by atoms with E-state index in [-0.39, 0.29) is 45.2 Å². The molecular weight excluding hydrogens is 442 g/mol. The van der Waals surface area contributed by atoms with E-state index in [0.717, 1.165) is 6.07 Å². The molecule has 2 N–H and O–H groups in total. The third-order valence-electron chi connectivity index (χ3n) is 5.29. The van der Waals surface area contributed by atoms with E-state index < -0.39 is 33.8 Å². The van der Waals surface area contributed by atoms with E-state index >= 15 is 0 Å². The lowest BCUT2D eigenvalue weighted by molar-refractivity contribution is 0.0257. The summed E-state index contributed by atoms with van der Waals surface area (Å²) in [6.07, 6.45) is -0.321. The summed E-state index contributed by atoms with van der Waals surface area (Å²) in [5, 5.41) is -0.0712. The Bertz CT molecular complexity index is 1260. The van der Waals surface area contributed by atoms with E-state index in [2.05, 4.69) is 4.98 Å². The number of hydrogen-bond donors (Lipinski definition) is 2. The van der Waals surface area contributed by atoms with Gasteiger partial charge in [-0.2, -0.15) is 0 Å². The van der Waals surface area contributed by atoms with Crippen LogP contribution in [-0.4, -0.2) is 34.0 Å². The Morgan fingerprint density at radius 1 is 1.27 bits per heavy atom. The third-order valence-corrected chi connectivity index (χ3v) is 7.50. The largest absolute Gasteiger partial charge is 0.365 e. The van der Waals surface area contributed by atoms with Gasteiger partial charge in [-0.25, -0.2) is 26.6 Å². The van der Waals surface area contributed by atoms with E-state index in [1.807, 2.05) is 0 Å². The molecule has 1 atom stereocenters. The number of aromatic amines is 1. The fraction of sp³-hybridized carbons (Fsp3) is 0.300. The van der Waals surface area contributed by atoms with Gasteiger partial charge in [0.2, 0.25) is 0 Å². The van der Waals surface area contributed by atoms with Crippen LogP contribution in [-0.2, 0) is 9.73 Å². The number of hydrogen-bond acceptors (Lipinski definition) is 3. The molecule has 1 aliphatic heterocycles. The van der Waals surface area contributed by atoms with Crippen LogP contribution in [0.15, 0.2) is 35.2 Å². The summed E-state index contributed by atoms with van der Waals surface area (Å²) in [7, 11) is -3.11. The van der Waals surface area contributed by atoms with Crippen LogP contribution in [0.25, 0.3) is 22.2 Å². The first-order chi connectivity index (χ1) is 14.0. The Balaban J connectivity index is 1.97. The van der Waals surface area contributed by atoms with Gasteiger partial charge in [-0.1, -0.05) is 18.5 Å². The lowest BCUT2D eigenvalue weighted by atomic mass is 10.1. The molecule has 30 heavy (non-hydrogen) atoms. The monoisotopic (exact) mass is 459 g/mol. The number of fused-ring (bicyclic) bond motifs is 1. The van der Waals surface area contributed by atoms with E-state index in [0.29, 0.717) is 17.3 Å². The van der Waals surface area contributed by atoms with Crippen molar-refractivity contribution < 1.29 is 21.8 Å². The average Bonchev–Trinajstić information content (AvgIpc) is 3.20. The zero-order chi connectivity index (χ0) is 21.8. The fourth-order valence-electron chi connectivity index (χ4n) is 3.70. The van der Waals surface area contributed by atoms with Crippen molar-refractivity contribution >= 4 is 37.9 Å². The van der Waals surface area contributed by atoms with Gasteiger partial charge in [-0.3, -0.25) is 0 Å². The summed E-state index contributed by atoms with van der Waals surface area (Å²) in [5.41, 5.74) is 0.989. The Morgan fingerprint density at radius 3 is 2.63 bits per heavy atom. The Kier molecular flexibility index (Phi) is 5.01. The molecule has 4 rings (SSSR count). The Hall–Kier alpha value is -2.26. The van der Waals surface area contributed by atoms with Crippen LogP contribution in [0.5, 0.6) is 0 Å². The standard InChI is InChI=1S/C20H18ClF4N3OS/c1-2-30(26,29)12-3-4-16(28-6-5-20(24,25)10-28)13(9-12)19-18(21)17-14(23)7-11(22)8-15(17)27-19/h3-4,7-9,26-27H,2,5-6,10H2,1H3/t30-/m0/s1. The van der Waals surface area contributed by atoms with Gasteiger partial charge in [-0.05, 0) is 24.3 Å². The van der Waals surface area contributed by atoms with Crippen molar-refractivity contribution in [2.75, 3.05) is 23.7 Å². The van der Waals surface area contributed by atoms with Crippen LogP contribution in [0.3, 0.4) is 0 Å². The number of H-pyrrole nitrogens is 1. The first-order valence-corrected chi connectivity index (χ1v) is 11.3. The molecule has 1 saturated heterocycles. The van der Waals surface area contributed by atoms with E-state index in [9.17, 15) is 21.8 Å². The zero-order valence-electron chi connectivity index (χ0n) is 15.9. The number of alkyl halides is 2. The summed E-state index contributed by atoms with van der Waals surface area (Å²) in [6, 6.07) is 6.24. The van der Waals surface area contributed by atoms with Crippen molar-refractivity contribution in [3.63, 3.8) is 0 Å². The van der Waals surface area contributed by atoms with Crippen molar-refractivity contribution in [3.05, 3.63) is 47.0 Å². The normalized spacial score (nSPS) is 18.1. The molecule has 1 aliphatic rings. The fourth-order valence-corrected chi connectivity index (χ4v) is 4.97. The third kappa shape index (κ3) is 3.54. The highest BCUT2D eigenvalue weighted by molar-refractivity contribution is 7.92. The van der Waals surface area contributed by atoms with Gasteiger partial charge in [-0.15, -0.1) is 0 Å². The second-order valence-electron chi connectivity index (χ2n) is 7.29. The molecule has 4 nitrogen and oxygen atoms in total. The second-order valence-corrected chi connectivity index (χ2v) is 10.1. The first-order valence-electron chi connectivity index (χ1n) is 9.22. The van der Waals surface area contributed by atoms with Crippen LogP contribution < -0.4 is 4.90 Å². The van der Waals surface area contributed by atoms with Gasteiger partial charge in [0.1, 0.15) is 11.6 Å². The molecular formula is C20H18ClF4N3OS. The number of nitrogens with zero attached hydrogens (tertiary/aromatic N) is 1. The van der Waals surface area contributed by atoms with Crippen molar-refractivity contribution in [2.45, 2.75) is 24.2 Å². The molecule has 1 aromatic heterocycles. The van der Waals surface area contributed by atoms with Crippen molar-refractivity contribution in [2.24, 2.45) is 0 Å². The average molecular weight is 460 g/mol. The number of anilines is 1. The number of rotatable bonds is 4. The molecule has 160 valence electrons. The van der Waals surface area contributed by atoms with Crippen LogP contribution in [0.2, 0.25) is 5.02 Å². The molecule has 0 radical (unpaired) electrons. The predicted octanol–water partition coefficient (Wildman–Crippen LogP) is 6.04. The van der Waals surface area contributed by atoms with Crippen molar-refractivity contribution in [3.8, 4) is 11.3 Å². The minimum atomic E-state index is -3.11. The molecule has 0 saturated carbocycles. The highest BCUT2D eigenvalue weighted by atomic mass is 35.5. The molecule has 0 amide bonds. The Labute approximate surface area is 175 Å². The zero-order valence-corrected chi connectivity index (χ0v) is 17.4. The van der Waals surface area contributed by atoms with Crippen LogP contribution >= 0.6 is 11.6 Å². The summed E-state index contributed by atoms with van der Waals surface area (Å²) in [4.78, 5) is 4.54. The first kappa shape index (κ1) is 21.0. The quantitative estimate of drug-likeness (QED) is 0.467. The maximum absolute atomic E-state index is 14.3. The van der Waals surface area contributed by atoms with Gasteiger partial charge < -0.3 is 9.88 Å². The van der Waals surface area contributed by atoms with Gasteiger partial charge in [0.05, 0.1) is 37.9 Å². The Morgan fingerprint density at radius 2 is 2.00 bits per heavy atom. The lowest BCUT2D eigenvalue weighted by Crippen LogP contribution is -2.25. The van der Waals surface area contributed by atoms with Crippen LogP contribution in [0.4, 0.5) is 23.2 Å². The summed E-state index contributed by atoms with van der Waals surface area (Å²) < 4.78 is 76.4. The molecule has 3 aromatic rings. The summed E-state index contributed by atoms with van der Waals surface area (Å²) in [5.74, 6) is -4.45. The molecule has 2 heterocycles. The highest BCUT2D eigenvalue weighted by Gasteiger charge is 2.39. The van der Waals surface area contributed by atoms with Crippen molar-refractivity contribution in [1.29, 1.82) is 4.78 Å². The second kappa shape index (κ2) is 7.16. The molecule has 0 unspecified atom stereocenters. The smallest absolute Gasteiger partial charge is 0.266 e. The molecule has 0 aliphatic carbocycles. The van der Waals surface area contributed by atoms with Gasteiger partial charge >= 0.3 is 0 Å². The van der Waals surface area contributed by atoms with E-state index in [1.165, 1.54) is 23.1 Å². The van der Waals surface area contributed by atoms with Gasteiger partial charge in [0.15, 0.2) is 0 Å². The van der Waals surface area contributed by atoms with Crippen LogP contribution in [0.1, 0.15) is 13.3 Å². The van der Waals surface area contributed by atoms with Gasteiger partial charge in [0.25, 0.3) is 5.92 Å². The van der Waals surface area contributed by atoms with E-state index in [4.69, 9.17) is 16.4 Å². The molecule has 1 fully saturated rings. The van der Waals surface area contributed by atoms with Gasteiger partial charge in [0, 0.05) is 40.9 Å². The topological polar surface area (TPSA) is 60.0 Å². The number of aromatic nitrogens is 1. The number of halogens is 5. The minimum absolute atomic E-state index is 0.0294. The maximum atomic E-state index is 14.3. The highest BCUT2D eigenvalue weighted by Crippen LogP contribution is 2.43. The van der Waals surface area contributed by atoms with Crippen molar-refractivity contribution in [1.82, 2.24) is 4.98 Å². The predicted molar refractivity (Wildman–Crippen MR) is 110 cm³/mol.